The lowest BCUT2D eigenvalue weighted by Gasteiger charge is -2.33. The predicted octanol–water partition coefficient (Wildman–Crippen LogP) is 1.85. The summed E-state index contributed by atoms with van der Waals surface area (Å²) in [7, 11) is -3.70. The van der Waals surface area contributed by atoms with Gasteiger partial charge in [0.2, 0.25) is 10.0 Å². The molecule has 0 bridgehead atoms. The average molecular weight is 466 g/mol. The van der Waals surface area contributed by atoms with Crippen LogP contribution in [0.3, 0.4) is 0 Å². The van der Waals surface area contributed by atoms with Gasteiger partial charge < -0.3 is 9.88 Å². The predicted molar refractivity (Wildman–Crippen MR) is 121 cm³/mol. The minimum absolute atomic E-state index is 0.151. The number of pyridine rings is 2. The number of hydrogen-bond donors (Lipinski definition) is 1. The standard InChI is InChI=1S/C22H23N7O3S/c1-2-18-17(14-26-29(18)20-7-3-4-8-23-20)22(30)27-10-12-28(13-11-27)33(31,32)19-15-25-21-16(19)6-5-9-24-21/h3-9,14-15H,2,10-13H2,1H3,(H,24,25). The number of rotatable bonds is 5. The second-order valence-electron chi connectivity index (χ2n) is 7.71. The highest BCUT2D eigenvalue weighted by molar-refractivity contribution is 7.89. The number of amides is 1. The molecule has 0 saturated carbocycles. The van der Waals surface area contributed by atoms with Gasteiger partial charge in [0.1, 0.15) is 10.5 Å². The van der Waals surface area contributed by atoms with E-state index in [1.165, 1.54) is 10.5 Å². The molecule has 1 amide bonds. The van der Waals surface area contributed by atoms with Crippen molar-refractivity contribution in [2.24, 2.45) is 0 Å². The number of piperazine rings is 1. The fourth-order valence-corrected chi connectivity index (χ4v) is 5.73. The summed E-state index contributed by atoms with van der Waals surface area (Å²) in [5.41, 5.74) is 1.82. The van der Waals surface area contributed by atoms with Crippen LogP contribution in [-0.2, 0) is 16.4 Å². The number of aromatic amines is 1. The third-order valence-corrected chi connectivity index (χ3v) is 7.80. The highest BCUT2D eigenvalue weighted by Gasteiger charge is 2.33. The molecule has 0 radical (unpaired) electrons. The summed E-state index contributed by atoms with van der Waals surface area (Å²) in [4.78, 5) is 26.5. The van der Waals surface area contributed by atoms with Gasteiger partial charge in [-0.25, -0.2) is 23.1 Å². The largest absolute Gasteiger partial charge is 0.345 e. The molecule has 0 aliphatic carbocycles. The van der Waals surface area contributed by atoms with E-state index in [1.54, 1.807) is 40.3 Å². The number of carbonyl (C=O) groups is 1. The van der Waals surface area contributed by atoms with Crippen LogP contribution in [0.2, 0.25) is 0 Å². The van der Waals surface area contributed by atoms with Crippen molar-refractivity contribution in [3.05, 3.63) is 66.4 Å². The maximum atomic E-state index is 13.3. The van der Waals surface area contributed by atoms with Crippen molar-refractivity contribution in [1.29, 1.82) is 0 Å². The summed E-state index contributed by atoms with van der Waals surface area (Å²) >= 11 is 0. The molecular formula is C22H23N7O3S. The van der Waals surface area contributed by atoms with Gasteiger partial charge in [0.25, 0.3) is 5.91 Å². The first-order valence-corrected chi connectivity index (χ1v) is 12.1. The Labute approximate surface area is 190 Å². The molecular weight excluding hydrogens is 442 g/mol. The lowest BCUT2D eigenvalue weighted by Crippen LogP contribution is -2.50. The van der Waals surface area contributed by atoms with E-state index in [0.717, 1.165) is 5.69 Å². The van der Waals surface area contributed by atoms with Crippen LogP contribution in [0.25, 0.3) is 16.9 Å². The summed E-state index contributed by atoms with van der Waals surface area (Å²) in [5.74, 6) is 0.500. The van der Waals surface area contributed by atoms with Crippen LogP contribution in [0, 0.1) is 0 Å². The van der Waals surface area contributed by atoms with Crippen molar-refractivity contribution in [3.63, 3.8) is 0 Å². The number of H-pyrrole nitrogens is 1. The minimum atomic E-state index is -3.70. The van der Waals surface area contributed by atoms with Gasteiger partial charge >= 0.3 is 0 Å². The van der Waals surface area contributed by atoms with Crippen LogP contribution in [0.15, 0.2) is 60.0 Å². The number of hydrogen-bond acceptors (Lipinski definition) is 6. The number of aromatic nitrogens is 5. The van der Waals surface area contributed by atoms with Gasteiger partial charge in [0.05, 0.1) is 17.5 Å². The van der Waals surface area contributed by atoms with Crippen LogP contribution < -0.4 is 0 Å². The highest BCUT2D eigenvalue weighted by Crippen LogP contribution is 2.25. The van der Waals surface area contributed by atoms with E-state index >= 15 is 0 Å². The smallest absolute Gasteiger partial charge is 0.257 e. The van der Waals surface area contributed by atoms with Crippen molar-refractivity contribution in [3.8, 4) is 5.82 Å². The summed E-state index contributed by atoms with van der Waals surface area (Å²) < 4.78 is 29.5. The number of sulfonamides is 1. The SMILES string of the molecule is CCc1c(C(=O)N2CCN(S(=O)(=O)c3c[nH]c4ncccc34)CC2)cnn1-c1ccccn1. The van der Waals surface area contributed by atoms with Crippen molar-refractivity contribution >= 4 is 27.0 Å². The number of nitrogens with zero attached hydrogens (tertiary/aromatic N) is 6. The molecule has 33 heavy (non-hydrogen) atoms. The van der Waals surface area contributed by atoms with Crippen molar-refractivity contribution in [1.82, 2.24) is 33.9 Å². The number of fused-ring (bicyclic) bond motifs is 1. The molecule has 11 heteroatoms. The normalized spacial score (nSPS) is 15.2. The molecule has 0 unspecified atom stereocenters. The minimum Gasteiger partial charge on any atom is -0.345 e. The molecule has 1 aliphatic heterocycles. The monoisotopic (exact) mass is 465 g/mol. The Morgan fingerprint density at radius 3 is 2.58 bits per heavy atom. The van der Waals surface area contributed by atoms with Crippen LogP contribution in [0.1, 0.15) is 23.0 Å². The first-order chi connectivity index (χ1) is 16.0. The first kappa shape index (κ1) is 21.3. The van der Waals surface area contributed by atoms with Gasteiger partial charge in [0, 0.05) is 50.2 Å². The van der Waals surface area contributed by atoms with Crippen LogP contribution >= 0.6 is 0 Å². The summed E-state index contributed by atoms with van der Waals surface area (Å²) in [6.07, 6.45) is 6.95. The maximum absolute atomic E-state index is 13.3. The molecule has 0 atom stereocenters. The van der Waals surface area contributed by atoms with E-state index in [0.29, 0.717) is 41.9 Å². The van der Waals surface area contributed by atoms with E-state index in [-0.39, 0.29) is 23.9 Å². The van der Waals surface area contributed by atoms with E-state index in [9.17, 15) is 13.2 Å². The Balaban J connectivity index is 1.33. The second kappa shape index (κ2) is 8.41. The van der Waals surface area contributed by atoms with Gasteiger partial charge in [-0.1, -0.05) is 13.0 Å². The molecule has 1 fully saturated rings. The van der Waals surface area contributed by atoms with Gasteiger partial charge in [-0.3, -0.25) is 4.79 Å². The van der Waals surface area contributed by atoms with Gasteiger partial charge in [-0.05, 0) is 30.7 Å². The number of nitrogens with one attached hydrogen (secondary N) is 1. The van der Waals surface area contributed by atoms with Crippen molar-refractivity contribution in [2.75, 3.05) is 26.2 Å². The van der Waals surface area contributed by atoms with E-state index < -0.39 is 10.0 Å². The molecule has 0 aromatic carbocycles. The molecule has 0 spiro atoms. The molecule has 4 aromatic rings. The Kier molecular flexibility index (Phi) is 5.43. The Hall–Kier alpha value is -3.57. The molecule has 5 rings (SSSR count). The van der Waals surface area contributed by atoms with Crippen molar-refractivity contribution < 1.29 is 13.2 Å². The maximum Gasteiger partial charge on any atom is 0.257 e. The fraction of sp³-hybridized carbons (Fsp3) is 0.273. The Morgan fingerprint density at radius 2 is 1.85 bits per heavy atom. The summed E-state index contributed by atoms with van der Waals surface area (Å²) in [5, 5.41) is 4.94. The third kappa shape index (κ3) is 3.68. The van der Waals surface area contributed by atoms with Crippen LogP contribution in [-0.4, -0.2) is 74.4 Å². The summed E-state index contributed by atoms with van der Waals surface area (Å²) in [6.45, 7) is 3.01. The molecule has 1 N–H and O–H groups in total. The zero-order valence-corrected chi connectivity index (χ0v) is 18.9. The molecule has 4 aromatic heterocycles. The topological polar surface area (TPSA) is 117 Å². The average Bonchev–Trinajstić information content (AvgIpc) is 3.49. The number of carbonyl (C=O) groups excluding carboxylic acids is 1. The quantitative estimate of drug-likeness (QED) is 0.481. The van der Waals surface area contributed by atoms with E-state index in [2.05, 4.69) is 20.1 Å². The third-order valence-electron chi connectivity index (χ3n) is 5.86. The molecule has 5 heterocycles. The first-order valence-electron chi connectivity index (χ1n) is 10.7. The lowest BCUT2D eigenvalue weighted by atomic mass is 10.1. The zero-order valence-electron chi connectivity index (χ0n) is 18.0. The fourth-order valence-electron chi connectivity index (χ4n) is 4.15. The molecule has 1 saturated heterocycles. The molecule has 10 nitrogen and oxygen atoms in total. The van der Waals surface area contributed by atoms with Gasteiger partial charge in [0.15, 0.2) is 5.82 Å². The van der Waals surface area contributed by atoms with Gasteiger partial charge in [-0.15, -0.1) is 0 Å². The second-order valence-corrected chi connectivity index (χ2v) is 9.61. The zero-order chi connectivity index (χ0) is 23.0. The Bertz CT molecular complexity index is 1400. The summed E-state index contributed by atoms with van der Waals surface area (Å²) in [6, 6.07) is 8.98. The van der Waals surface area contributed by atoms with Crippen LogP contribution in [0.4, 0.5) is 0 Å². The highest BCUT2D eigenvalue weighted by atomic mass is 32.2. The van der Waals surface area contributed by atoms with Gasteiger partial charge in [-0.2, -0.15) is 9.40 Å². The Morgan fingerprint density at radius 1 is 1.06 bits per heavy atom. The lowest BCUT2D eigenvalue weighted by molar-refractivity contribution is 0.0697. The van der Waals surface area contributed by atoms with Crippen LogP contribution in [0.5, 0.6) is 0 Å². The molecule has 1 aliphatic rings. The van der Waals surface area contributed by atoms with E-state index in [4.69, 9.17) is 0 Å². The van der Waals surface area contributed by atoms with Crippen molar-refractivity contribution in [2.45, 2.75) is 18.2 Å². The van der Waals surface area contributed by atoms with E-state index in [1.807, 2.05) is 25.1 Å². The molecule has 170 valence electrons.